The molecule has 2 heterocycles. The van der Waals surface area contributed by atoms with Crippen molar-refractivity contribution in [3.05, 3.63) is 47.4 Å². The number of rotatable bonds is 3. The summed E-state index contributed by atoms with van der Waals surface area (Å²) in [7, 11) is 0. The summed E-state index contributed by atoms with van der Waals surface area (Å²) in [5.74, 6) is 1.12. The second-order valence-corrected chi connectivity index (χ2v) is 7.01. The quantitative estimate of drug-likeness (QED) is 0.943. The summed E-state index contributed by atoms with van der Waals surface area (Å²) in [4.78, 5) is 6.77. The Morgan fingerprint density at radius 2 is 2.22 bits per heavy atom. The first kappa shape index (κ1) is 16.1. The van der Waals surface area contributed by atoms with Gasteiger partial charge in [0.25, 0.3) is 0 Å². The third-order valence-electron chi connectivity index (χ3n) is 4.04. The molecule has 6 heteroatoms. The van der Waals surface area contributed by atoms with Crippen LogP contribution in [0.25, 0.3) is 0 Å². The van der Waals surface area contributed by atoms with E-state index >= 15 is 0 Å². The van der Waals surface area contributed by atoms with Gasteiger partial charge in [-0.1, -0.05) is 38.1 Å². The molecule has 1 aliphatic rings. The fourth-order valence-electron chi connectivity index (χ4n) is 2.78. The Morgan fingerprint density at radius 3 is 2.91 bits per heavy atom. The molecule has 1 aliphatic heterocycles. The number of nitrogens with one attached hydrogen (secondary N) is 1. The van der Waals surface area contributed by atoms with E-state index in [0.717, 1.165) is 25.2 Å². The van der Waals surface area contributed by atoms with E-state index in [-0.39, 0.29) is 17.3 Å². The van der Waals surface area contributed by atoms with Crippen LogP contribution >= 0.6 is 0 Å². The molecule has 1 aromatic heterocycles. The predicted molar refractivity (Wildman–Crippen MR) is 85.4 cm³/mol. The molecular formula is C17H23FN4O. The van der Waals surface area contributed by atoms with Gasteiger partial charge in [0.2, 0.25) is 5.89 Å². The first-order valence-electron chi connectivity index (χ1n) is 7.97. The number of benzene rings is 1. The summed E-state index contributed by atoms with van der Waals surface area (Å²) < 4.78 is 18.9. The smallest absolute Gasteiger partial charge is 0.232 e. The van der Waals surface area contributed by atoms with Crippen molar-refractivity contribution in [3.8, 4) is 0 Å². The lowest BCUT2D eigenvalue weighted by atomic mass is 9.97. The Balaban J connectivity index is 1.78. The van der Waals surface area contributed by atoms with Gasteiger partial charge in [-0.25, -0.2) is 4.39 Å². The van der Waals surface area contributed by atoms with Gasteiger partial charge in [0.05, 0.1) is 6.54 Å². The van der Waals surface area contributed by atoms with Crippen LogP contribution in [-0.2, 0) is 12.0 Å². The van der Waals surface area contributed by atoms with Gasteiger partial charge >= 0.3 is 0 Å². The summed E-state index contributed by atoms with van der Waals surface area (Å²) in [6, 6.07) is 6.89. The highest BCUT2D eigenvalue weighted by Crippen LogP contribution is 2.25. The highest BCUT2D eigenvalue weighted by molar-refractivity contribution is 5.21. The topological polar surface area (TPSA) is 54.2 Å². The number of halogens is 1. The molecule has 0 aliphatic carbocycles. The monoisotopic (exact) mass is 318 g/mol. The van der Waals surface area contributed by atoms with Crippen molar-refractivity contribution in [1.29, 1.82) is 0 Å². The molecule has 23 heavy (non-hydrogen) atoms. The average molecular weight is 318 g/mol. The minimum atomic E-state index is -0.206. The van der Waals surface area contributed by atoms with Crippen LogP contribution < -0.4 is 5.32 Å². The predicted octanol–water partition coefficient (Wildman–Crippen LogP) is 2.65. The van der Waals surface area contributed by atoms with Crippen molar-refractivity contribution in [2.45, 2.75) is 38.8 Å². The summed E-state index contributed by atoms with van der Waals surface area (Å²) in [5, 5.41) is 7.47. The van der Waals surface area contributed by atoms with Gasteiger partial charge in [0, 0.05) is 31.1 Å². The van der Waals surface area contributed by atoms with Gasteiger partial charge in [0.15, 0.2) is 5.82 Å². The second-order valence-electron chi connectivity index (χ2n) is 7.01. The van der Waals surface area contributed by atoms with Crippen LogP contribution in [-0.4, -0.2) is 34.7 Å². The average Bonchev–Trinajstić information content (AvgIpc) is 2.96. The Bertz CT molecular complexity index is 665. The molecule has 1 saturated heterocycles. The summed E-state index contributed by atoms with van der Waals surface area (Å²) in [5.41, 5.74) is 0.813. The van der Waals surface area contributed by atoms with E-state index in [2.05, 4.69) is 20.4 Å². The minimum Gasteiger partial charge on any atom is -0.339 e. The van der Waals surface area contributed by atoms with Crippen LogP contribution in [0.5, 0.6) is 0 Å². The molecule has 3 rings (SSSR count). The molecule has 1 N–H and O–H groups in total. The highest BCUT2D eigenvalue weighted by atomic mass is 19.1. The van der Waals surface area contributed by atoms with Gasteiger partial charge < -0.3 is 9.84 Å². The van der Waals surface area contributed by atoms with Gasteiger partial charge in [-0.05, 0) is 17.7 Å². The molecule has 1 atom stereocenters. The molecule has 1 fully saturated rings. The molecule has 0 spiro atoms. The van der Waals surface area contributed by atoms with Crippen molar-refractivity contribution < 1.29 is 8.91 Å². The van der Waals surface area contributed by atoms with E-state index in [0.29, 0.717) is 18.3 Å². The molecule has 0 bridgehead atoms. The number of hydrogen-bond acceptors (Lipinski definition) is 5. The number of piperazine rings is 1. The first-order valence-corrected chi connectivity index (χ1v) is 7.97. The van der Waals surface area contributed by atoms with Crippen LogP contribution in [0.3, 0.4) is 0 Å². The van der Waals surface area contributed by atoms with E-state index in [1.165, 1.54) is 6.07 Å². The standard InChI is InChI=1S/C17H23FN4O/c1-17(2,3)16-20-15(21-23-16)11-22-8-7-19-10-14(22)12-5-4-6-13(18)9-12/h4-6,9,14,19H,7-8,10-11H2,1-3H3. The maximum absolute atomic E-state index is 13.5. The van der Waals surface area contributed by atoms with Crippen molar-refractivity contribution in [3.63, 3.8) is 0 Å². The second kappa shape index (κ2) is 6.37. The fraction of sp³-hybridized carbons (Fsp3) is 0.529. The van der Waals surface area contributed by atoms with E-state index in [9.17, 15) is 4.39 Å². The Hall–Kier alpha value is -1.79. The van der Waals surface area contributed by atoms with Crippen molar-refractivity contribution in [1.82, 2.24) is 20.4 Å². The van der Waals surface area contributed by atoms with Gasteiger partial charge in [0.1, 0.15) is 5.82 Å². The zero-order valence-electron chi connectivity index (χ0n) is 13.8. The lowest BCUT2D eigenvalue weighted by Gasteiger charge is -2.35. The van der Waals surface area contributed by atoms with Crippen LogP contribution in [0.15, 0.2) is 28.8 Å². The third-order valence-corrected chi connectivity index (χ3v) is 4.04. The first-order chi connectivity index (χ1) is 10.9. The molecule has 2 aromatic rings. The SMILES string of the molecule is CC(C)(C)c1nc(CN2CCNCC2c2cccc(F)c2)no1. The van der Waals surface area contributed by atoms with Gasteiger partial charge in [-0.15, -0.1) is 0 Å². The zero-order chi connectivity index (χ0) is 16.4. The van der Waals surface area contributed by atoms with E-state index < -0.39 is 0 Å². The Morgan fingerprint density at radius 1 is 1.39 bits per heavy atom. The normalized spacial score (nSPS) is 19.9. The molecule has 124 valence electrons. The van der Waals surface area contributed by atoms with E-state index in [4.69, 9.17) is 4.52 Å². The highest BCUT2D eigenvalue weighted by Gasteiger charge is 2.27. The van der Waals surface area contributed by atoms with Crippen LogP contribution in [0, 0.1) is 5.82 Å². The van der Waals surface area contributed by atoms with Crippen molar-refractivity contribution >= 4 is 0 Å². The number of aromatic nitrogens is 2. The Kier molecular flexibility index (Phi) is 4.46. The van der Waals surface area contributed by atoms with E-state index in [1.54, 1.807) is 12.1 Å². The maximum atomic E-state index is 13.5. The van der Waals surface area contributed by atoms with Gasteiger partial charge in [-0.2, -0.15) is 4.98 Å². The third kappa shape index (κ3) is 3.76. The largest absolute Gasteiger partial charge is 0.339 e. The summed E-state index contributed by atoms with van der Waals surface area (Å²) >= 11 is 0. The summed E-state index contributed by atoms with van der Waals surface area (Å²) in [6.07, 6.45) is 0. The van der Waals surface area contributed by atoms with Gasteiger partial charge in [-0.3, -0.25) is 4.90 Å². The number of hydrogen-bond donors (Lipinski definition) is 1. The molecule has 1 unspecified atom stereocenters. The lowest BCUT2D eigenvalue weighted by molar-refractivity contribution is 0.148. The maximum Gasteiger partial charge on any atom is 0.232 e. The van der Waals surface area contributed by atoms with Crippen LogP contribution in [0.2, 0.25) is 0 Å². The molecular weight excluding hydrogens is 295 g/mol. The molecule has 1 aromatic carbocycles. The number of nitrogens with zero attached hydrogens (tertiary/aromatic N) is 3. The molecule has 0 amide bonds. The molecule has 5 nitrogen and oxygen atoms in total. The van der Waals surface area contributed by atoms with Crippen molar-refractivity contribution in [2.24, 2.45) is 0 Å². The van der Waals surface area contributed by atoms with Crippen LogP contribution in [0.4, 0.5) is 4.39 Å². The van der Waals surface area contributed by atoms with E-state index in [1.807, 2.05) is 26.8 Å². The lowest BCUT2D eigenvalue weighted by Crippen LogP contribution is -2.45. The summed E-state index contributed by atoms with van der Waals surface area (Å²) in [6.45, 7) is 9.28. The Labute approximate surface area is 135 Å². The van der Waals surface area contributed by atoms with Crippen LogP contribution in [0.1, 0.15) is 44.1 Å². The fourth-order valence-corrected chi connectivity index (χ4v) is 2.78. The van der Waals surface area contributed by atoms with Crippen molar-refractivity contribution in [2.75, 3.05) is 19.6 Å². The molecule has 0 saturated carbocycles. The zero-order valence-corrected chi connectivity index (χ0v) is 13.8. The molecule has 0 radical (unpaired) electrons. The minimum absolute atomic E-state index is 0.107.